The van der Waals surface area contributed by atoms with E-state index >= 15 is 0 Å². The highest BCUT2D eigenvalue weighted by Crippen LogP contribution is 2.33. The standard InChI is InChI=1S/C22H20Cl3N7O/c1-12-18(20(33)26-22(2,3)21-27-30-31(4)29-21)28-32(17-10-9-15(24)11-16(17)25)19(12)13-5-7-14(23)8-6-13/h5-11H,1-4H3,(H,26,33). The van der Waals surface area contributed by atoms with Gasteiger partial charge in [-0.25, -0.2) is 4.68 Å². The van der Waals surface area contributed by atoms with Crippen LogP contribution in [0.25, 0.3) is 16.9 Å². The molecule has 0 unspecified atom stereocenters. The number of carbonyl (C=O) groups is 1. The summed E-state index contributed by atoms with van der Waals surface area (Å²) < 4.78 is 1.64. The Kier molecular flexibility index (Phi) is 6.18. The van der Waals surface area contributed by atoms with Crippen molar-refractivity contribution in [3.05, 3.63) is 74.6 Å². The predicted molar refractivity (Wildman–Crippen MR) is 128 cm³/mol. The van der Waals surface area contributed by atoms with Crippen LogP contribution in [0.3, 0.4) is 0 Å². The van der Waals surface area contributed by atoms with Gasteiger partial charge in [0.05, 0.1) is 29.0 Å². The van der Waals surface area contributed by atoms with Gasteiger partial charge >= 0.3 is 0 Å². The minimum absolute atomic E-state index is 0.239. The van der Waals surface area contributed by atoms with Gasteiger partial charge in [-0.3, -0.25) is 4.79 Å². The normalized spacial score (nSPS) is 11.6. The minimum atomic E-state index is -0.875. The van der Waals surface area contributed by atoms with Crippen LogP contribution in [0.1, 0.15) is 35.7 Å². The first-order valence-corrected chi connectivity index (χ1v) is 11.1. The summed E-state index contributed by atoms with van der Waals surface area (Å²) in [7, 11) is 1.66. The van der Waals surface area contributed by atoms with Crippen molar-refractivity contribution >= 4 is 40.7 Å². The van der Waals surface area contributed by atoms with Crippen LogP contribution < -0.4 is 5.32 Å². The number of hydrogen-bond acceptors (Lipinski definition) is 5. The molecule has 1 amide bonds. The summed E-state index contributed by atoms with van der Waals surface area (Å²) in [4.78, 5) is 14.7. The molecule has 4 aromatic rings. The van der Waals surface area contributed by atoms with Gasteiger partial charge in [-0.1, -0.05) is 46.9 Å². The molecule has 11 heteroatoms. The van der Waals surface area contributed by atoms with Crippen LogP contribution in [0.15, 0.2) is 42.5 Å². The van der Waals surface area contributed by atoms with Crippen LogP contribution in [0, 0.1) is 6.92 Å². The first-order chi connectivity index (χ1) is 15.6. The average Bonchev–Trinajstić information content (AvgIpc) is 3.33. The van der Waals surface area contributed by atoms with Gasteiger partial charge in [0.2, 0.25) is 0 Å². The van der Waals surface area contributed by atoms with Crippen molar-refractivity contribution < 1.29 is 4.79 Å². The van der Waals surface area contributed by atoms with Crippen LogP contribution >= 0.6 is 34.8 Å². The molecule has 8 nitrogen and oxygen atoms in total. The number of aryl methyl sites for hydroxylation is 1. The number of amides is 1. The van der Waals surface area contributed by atoms with Crippen molar-refractivity contribution in [2.45, 2.75) is 26.3 Å². The van der Waals surface area contributed by atoms with E-state index in [-0.39, 0.29) is 11.6 Å². The highest BCUT2D eigenvalue weighted by Gasteiger charge is 2.31. The van der Waals surface area contributed by atoms with E-state index in [1.807, 2.05) is 19.1 Å². The van der Waals surface area contributed by atoms with Crippen LogP contribution in [-0.2, 0) is 12.6 Å². The molecule has 0 aliphatic heterocycles. The third kappa shape index (κ3) is 4.59. The van der Waals surface area contributed by atoms with Gasteiger partial charge in [0, 0.05) is 21.2 Å². The molecule has 1 N–H and O–H groups in total. The lowest BCUT2D eigenvalue weighted by Crippen LogP contribution is -2.42. The number of halogens is 3. The van der Waals surface area contributed by atoms with Gasteiger partial charge < -0.3 is 5.32 Å². The van der Waals surface area contributed by atoms with E-state index < -0.39 is 5.54 Å². The lowest BCUT2D eigenvalue weighted by molar-refractivity contribution is 0.0902. The maximum Gasteiger partial charge on any atom is 0.272 e. The second kappa shape index (κ2) is 8.78. The molecule has 0 saturated heterocycles. The molecule has 170 valence electrons. The highest BCUT2D eigenvalue weighted by molar-refractivity contribution is 6.35. The zero-order valence-corrected chi connectivity index (χ0v) is 20.5. The van der Waals surface area contributed by atoms with Gasteiger partial charge in [-0.15, -0.1) is 10.2 Å². The molecule has 4 rings (SSSR count). The Morgan fingerprint density at radius 3 is 2.27 bits per heavy atom. The maximum atomic E-state index is 13.3. The number of nitrogens with zero attached hydrogens (tertiary/aromatic N) is 6. The summed E-state index contributed by atoms with van der Waals surface area (Å²) in [6.45, 7) is 5.43. The molecule has 0 aliphatic rings. The Morgan fingerprint density at radius 2 is 1.67 bits per heavy atom. The summed E-state index contributed by atoms with van der Waals surface area (Å²) in [5.41, 5.74) is 2.15. The lowest BCUT2D eigenvalue weighted by atomic mass is 10.0. The van der Waals surface area contributed by atoms with E-state index in [0.29, 0.717) is 37.8 Å². The van der Waals surface area contributed by atoms with Crippen molar-refractivity contribution in [2.75, 3.05) is 0 Å². The van der Waals surface area contributed by atoms with E-state index in [0.717, 1.165) is 5.56 Å². The molecule has 0 spiro atoms. The lowest BCUT2D eigenvalue weighted by Gasteiger charge is -2.21. The smallest absolute Gasteiger partial charge is 0.272 e. The second-order valence-electron chi connectivity index (χ2n) is 8.02. The zero-order valence-electron chi connectivity index (χ0n) is 18.3. The Balaban J connectivity index is 1.82. The van der Waals surface area contributed by atoms with Gasteiger partial charge in [0.25, 0.3) is 5.91 Å². The SMILES string of the molecule is Cc1c(C(=O)NC(C)(C)c2nnn(C)n2)nn(-c2ccc(Cl)cc2Cl)c1-c1ccc(Cl)cc1. The van der Waals surface area contributed by atoms with E-state index in [1.54, 1.807) is 55.9 Å². The molecular formula is C22H20Cl3N7O. The Morgan fingerprint density at radius 1 is 1.00 bits per heavy atom. The molecule has 0 fully saturated rings. The zero-order chi connectivity index (χ0) is 23.9. The minimum Gasteiger partial charge on any atom is -0.338 e. The largest absolute Gasteiger partial charge is 0.338 e. The number of nitrogens with one attached hydrogen (secondary N) is 1. The van der Waals surface area contributed by atoms with Gasteiger partial charge in [0.15, 0.2) is 11.5 Å². The molecule has 0 aliphatic carbocycles. The molecule has 0 radical (unpaired) electrons. The van der Waals surface area contributed by atoms with Crippen LogP contribution in [0.2, 0.25) is 15.1 Å². The molecule has 33 heavy (non-hydrogen) atoms. The Hall–Kier alpha value is -2.94. The Bertz CT molecular complexity index is 1340. The van der Waals surface area contributed by atoms with Crippen molar-refractivity contribution in [1.82, 2.24) is 35.3 Å². The molecule has 2 aromatic carbocycles. The Labute approximate surface area is 205 Å². The topological polar surface area (TPSA) is 90.5 Å². The predicted octanol–water partition coefficient (Wildman–Crippen LogP) is 5.00. The first kappa shape index (κ1) is 23.2. The number of tetrazole rings is 1. The molecule has 2 heterocycles. The van der Waals surface area contributed by atoms with Gasteiger partial charge in [0.1, 0.15) is 0 Å². The molecule has 0 atom stereocenters. The summed E-state index contributed by atoms with van der Waals surface area (Å²) in [5.74, 6) is -0.00175. The quantitative estimate of drug-likeness (QED) is 0.413. The number of benzene rings is 2. The van der Waals surface area contributed by atoms with Crippen molar-refractivity contribution in [3.8, 4) is 16.9 Å². The van der Waals surface area contributed by atoms with Crippen molar-refractivity contribution in [1.29, 1.82) is 0 Å². The van der Waals surface area contributed by atoms with Crippen LogP contribution in [0.5, 0.6) is 0 Å². The van der Waals surface area contributed by atoms with E-state index in [9.17, 15) is 4.79 Å². The van der Waals surface area contributed by atoms with Gasteiger partial charge in [-0.2, -0.15) is 9.90 Å². The molecular weight excluding hydrogens is 485 g/mol. The number of rotatable bonds is 5. The third-order valence-electron chi connectivity index (χ3n) is 5.09. The van der Waals surface area contributed by atoms with E-state index in [1.165, 1.54) is 4.80 Å². The fraction of sp³-hybridized carbons (Fsp3) is 0.227. The summed E-state index contributed by atoms with van der Waals surface area (Å²) in [5, 5.41) is 21.2. The molecule has 0 bridgehead atoms. The summed E-state index contributed by atoms with van der Waals surface area (Å²) >= 11 is 18.7. The molecule has 0 saturated carbocycles. The molecule has 2 aromatic heterocycles. The van der Waals surface area contributed by atoms with Crippen molar-refractivity contribution in [3.63, 3.8) is 0 Å². The number of hydrogen-bond donors (Lipinski definition) is 1. The summed E-state index contributed by atoms with van der Waals surface area (Å²) in [6.07, 6.45) is 0. The van der Waals surface area contributed by atoms with Crippen LogP contribution in [-0.4, -0.2) is 35.9 Å². The first-order valence-electron chi connectivity index (χ1n) is 9.95. The maximum absolute atomic E-state index is 13.3. The number of aromatic nitrogens is 6. The van der Waals surface area contributed by atoms with E-state index in [2.05, 4.69) is 25.8 Å². The fourth-order valence-corrected chi connectivity index (χ4v) is 4.03. The van der Waals surface area contributed by atoms with Crippen molar-refractivity contribution in [2.24, 2.45) is 7.05 Å². The third-order valence-corrected chi connectivity index (χ3v) is 5.88. The number of carbonyl (C=O) groups excluding carboxylic acids is 1. The monoisotopic (exact) mass is 503 g/mol. The average molecular weight is 505 g/mol. The second-order valence-corrected chi connectivity index (χ2v) is 9.30. The highest BCUT2D eigenvalue weighted by atomic mass is 35.5. The fourth-order valence-electron chi connectivity index (χ4n) is 3.42. The van der Waals surface area contributed by atoms with Gasteiger partial charge in [-0.05, 0) is 56.3 Å². The summed E-state index contributed by atoms with van der Waals surface area (Å²) in [6, 6.07) is 12.4. The van der Waals surface area contributed by atoms with Crippen LogP contribution in [0.4, 0.5) is 0 Å². The van der Waals surface area contributed by atoms with E-state index in [4.69, 9.17) is 34.8 Å².